The average Bonchev–Trinajstić information content (AvgIpc) is 2.15. The normalized spacial score (nSPS) is 10.4. The number of nitriles is 1. The van der Waals surface area contributed by atoms with Gasteiger partial charge in [0.2, 0.25) is 0 Å². The van der Waals surface area contributed by atoms with Gasteiger partial charge in [0.1, 0.15) is 0 Å². The summed E-state index contributed by atoms with van der Waals surface area (Å²) in [7, 11) is 0. The summed E-state index contributed by atoms with van der Waals surface area (Å²) in [5, 5.41) is 11.6. The maximum absolute atomic E-state index is 8.29. The van der Waals surface area contributed by atoms with Gasteiger partial charge >= 0.3 is 0 Å². The molecule has 0 rings (SSSR count). The minimum Gasteiger partial charge on any atom is -0.381 e. The van der Waals surface area contributed by atoms with Crippen molar-refractivity contribution in [3.63, 3.8) is 0 Å². The molecule has 1 N–H and O–H groups in total. The lowest BCUT2D eigenvalue weighted by Crippen LogP contribution is -2.24. The molecular formula is C11H22N2O. The summed E-state index contributed by atoms with van der Waals surface area (Å²) in [6, 6.07) is 2.69. The van der Waals surface area contributed by atoms with E-state index in [-0.39, 0.29) is 0 Å². The number of nitrogens with one attached hydrogen (secondary N) is 1. The second-order valence-corrected chi connectivity index (χ2v) is 3.69. The zero-order chi connectivity index (χ0) is 10.6. The molecule has 0 aliphatic carbocycles. The Morgan fingerprint density at radius 3 is 2.57 bits per heavy atom. The molecule has 0 aromatic heterocycles. The highest BCUT2D eigenvalue weighted by Crippen LogP contribution is 1.94. The number of hydrogen-bond acceptors (Lipinski definition) is 3. The summed E-state index contributed by atoms with van der Waals surface area (Å²) in [6.07, 6.45) is 3.68. The molecule has 0 unspecified atom stereocenters. The molecule has 14 heavy (non-hydrogen) atoms. The Balaban J connectivity index is 2.89. The van der Waals surface area contributed by atoms with Crippen LogP contribution < -0.4 is 5.32 Å². The first kappa shape index (κ1) is 13.4. The zero-order valence-electron chi connectivity index (χ0n) is 9.38. The van der Waals surface area contributed by atoms with Crippen LogP contribution in [0.5, 0.6) is 0 Å². The number of unbranched alkanes of at least 4 members (excludes halogenated alkanes) is 2. The fourth-order valence-electron chi connectivity index (χ4n) is 1.08. The highest BCUT2D eigenvalue weighted by Gasteiger charge is 1.92. The number of ether oxygens (including phenoxy) is 1. The van der Waals surface area contributed by atoms with Crippen molar-refractivity contribution < 1.29 is 4.74 Å². The largest absolute Gasteiger partial charge is 0.381 e. The number of hydrogen-bond donors (Lipinski definition) is 1. The van der Waals surface area contributed by atoms with E-state index in [0.717, 1.165) is 39.0 Å². The smallest absolute Gasteiger partial charge is 0.0621 e. The Morgan fingerprint density at radius 1 is 1.21 bits per heavy atom. The molecule has 3 nitrogen and oxygen atoms in total. The molecule has 0 aliphatic rings. The molecule has 0 bridgehead atoms. The second-order valence-electron chi connectivity index (χ2n) is 3.69. The number of rotatable bonds is 9. The minimum absolute atomic E-state index is 0.561. The van der Waals surface area contributed by atoms with E-state index < -0.39 is 0 Å². The number of nitrogens with zero attached hydrogens (tertiary/aromatic N) is 1. The van der Waals surface area contributed by atoms with Gasteiger partial charge in [-0.15, -0.1) is 0 Å². The summed E-state index contributed by atoms with van der Waals surface area (Å²) in [5.74, 6) is 0. The molecule has 0 amide bonds. The predicted molar refractivity (Wildman–Crippen MR) is 58.0 cm³/mol. The van der Waals surface area contributed by atoms with Crippen LogP contribution in [0.25, 0.3) is 0 Å². The summed E-state index contributed by atoms with van der Waals surface area (Å²) >= 11 is 0. The maximum Gasteiger partial charge on any atom is 0.0621 e. The SMILES string of the molecule is CC(C)NCCCOCCCCC#N. The average molecular weight is 198 g/mol. The third-order valence-corrected chi connectivity index (χ3v) is 1.85. The van der Waals surface area contributed by atoms with E-state index in [1.165, 1.54) is 0 Å². The Morgan fingerprint density at radius 2 is 1.93 bits per heavy atom. The van der Waals surface area contributed by atoms with E-state index in [0.29, 0.717) is 12.5 Å². The van der Waals surface area contributed by atoms with E-state index in [2.05, 4.69) is 25.2 Å². The molecule has 0 saturated carbocycles. The van der Waals surface area contributed by atoms with Crippen LogP contribution in [0, 0.1) is 11.3 Å². The Labute approximate surface area is 87.4 Å². The summed E-state index contributed by atoms with van der Waals surface area (Å²) in [6.45, 7) is 6.93. The fraction of sp³-hybridized carbons (Fsp3) is 0.909. The molecule has 0 spiro atoms. The second kappa shape index (κ2) is 10.5. The monoisotopic (exact) mass is 198 g/mol. The zero-order valence-corrected chi connectivity index (χ0v) is 9.38. The van der Waals surface area contributed by atoms with E-state index in [4.69, 9.17) is 10.00 Å². The molecular weight excluding hydrogens is 176 g/mol. The van der Waals surface area contributed by atoms with Crippen LogP contribution in [0.1, 0.15) is 39.5 Å². The van der Waals surface area contributed by atoms with Gasteiger partial charge in [-0.25, -0.2) is 0 Å². The highest BCUT2D eigenvalue weighted by atomic mass is 16.5. The molecule has 0 atom stereocenters. The van der Waals surface area contributed by atoms with Gasteiger partial charge in [-0.2, -0.15) is 5.26 Å². The molecule has 0 heterocycles. The van der Waals surface area contributed by atoms with Crippen molar-refractivity contribution in [1.29, 1.82) is 5.26 Å². The van der Waals surface area contributed by atoms with E-state index in [9.17, 15) is 0 Å². The summed E-state index contributed by atoms with van der Waals surface area (Å²) in [5.41, 5.74) is 0. The predicted octanol–water partition coefficient (Wildman–Crippen LogP) is 2.08. The van der Waals surface area contributed by atoms with E-state index >= 15 is 0 Å². The molecule has 82 valence electrons. The molecule has 0 radical (unpaired) electrons. The van der Waals surface area contributed by atoms with Crippen LogP contribution in [-0.2, 0) is 4.74 Å². The van der Waals surface area contributed by atoms with Crippen LogP contribution >= 0.6 is 0 Å². The van der Waals surface area contributed by atoms with E-state index in [1.54, 1.807) is 0 Å². The van der Waals surface area contributed by atoms with Crippen molar-refractivity contribution in [3.8, 4) is 6.07 Å². The van der Waals surface area contributed by atoms with Crippen molar-refractivity contribution in [2.75, 3.05) is 19.8 Å². The third kappa shape index (κ3) is 11.4. The van der Waals surface area contributed by atoms with Gasteiger partial charge in [0.15, 0.2) is 0 Å². The quantitative estimate of drug-likeness (QED) is 0.577. The summed E-state index contributed by atoms with van der Waals surface area (Å²) in [4.78, 5) is 0. The van der Waals surface area contributed by atoms with Gasteiger partial charge < -0.3 is 10.1 Å². The third-order valence-electron chi connectivity index (χ3n) is 1.85. The highest BCUT2D eigenvalue weighted by molar-refractivity contribution is 4.67. The molecule has 0 aromatic carbocycles. The minimum atomic E-state index is 0.561. The van der Waals surface area contributed by atoms with Crippen molar-refractivity contribution in [2.45, 2.75) is 45.6 Å². The Hall–Kier alpha value is -0.590. The van der Waals surface area contributed by atoms with Crippen molar-refractivity contribution in [1.82, 2.24) is 5.32 Å². The van der Waals surface area contributed by atoms with Crippen molar-refractivity contribution >= 4 is 0 Å². The first-order valence-electron chi connectivity index (χ1n) is 5.45. The fourth-order valence-corrected chi connectivity index (χ4v) is 1.08. The van der Waals surface area contributed by atoms with Crippen molar-refractivity contribution in [2.24, 2.45) is 0 Å². The van der Waals surface area contributed by atoms with Gasteiger partial charge in [0.25, 0.3) is 0 Å². The maximum atomic E-state index is 8.29. The van der Waals surface area contributed by atoms with Gasteiger partial charge in [0, 0.05) is 25.7 Å². The standard InChI is InChI=1S/C11H22N2O/c1-11(2)13-8-6-10-14-9-5-3-4-7-12/h11,13H,3-6,8-10H2,1-2H3. The molecule has 0 saturated heterocycles. The van der Waals surface area contributed by atoms with Gasteiger partial charge in [-0.05, 0) is 25.8 Å². The Bertz CT molecular complexity index is 152. The summed E-state index contributed by atoms with van der Waals surface area (Å²) < 4.78 is 5.41. The van der Waals surface area contributed by atoms with Crippen LogP contribution in [0.2, 0.25) is 0 Å². The topological polar surface area (TPSA) is 45.0 Å². The van der Waals surface area contributed by atoms with Gasteiger partial charge in [-0.1, -0.05) is 13.8 Å². The lowest BCUT2D eigenvalue weighted by molar-refractivity contribution is 0.128. The molecule has 0 fully saturated rings. The van der Waals surface area contributed by atoms with Crippen LogP contribution in [0.15, 0.2) is 0 Å². The van der Waals surface area contributed by atoms with Crippen LogP contribution in [0.4, 0.5) is 0 Å². The molecule has 3 heteroatoms. The van der Waals surface area contributed by atoms with Crippen molar-refractivity contribution in [3.05, 3.63) is 0 Å². The van der Waals surface area contributed by atoms with Crippen LogP contribution in [-0.4, -0.2) is 25.8 Å². The molecule has 0 aliphatic heterocycles. The first-order chi connectivity index (χ1) is 6.77. The van der Waals surface area contributed by atoms with Gasteiger partial charge in [-0.3, -0.25) is 0 Å². The molecule has 0 aromatic rings. The van der Waals surface area contributed by atoms with Gasteiger partial charge in [0.05, 0.1) is 6.07 Å². The Kier molecular flexibility index (Phi) is 10.0. The lowest BCUT2D eigenvalue weighted by atomic mass is 10.3. The van der Waals surface area contributed by atoms with E-state index in [1.807, 2.05) is 0 Å². The van der Waals surface area contributed by atoms with Crippen LogP contribution in [0.3, 0.4) is 0 Å². The first-order valence-corrected chi connectivity index (χ1v) is 5.45. The lowest BCUT2D eigenvalue weighted by Gasteiger charge is -2.07.